The van der Waals surface area contributed by atoms with Gasteiger partial charge in [0.15, 0.2) is 5.78 Å². The molecule has 2 aliphatic heterocycles. The maximum Gasteiger partial charge on any atom is 0.252 e. The fourth-order valence-corrected chi connectivity index (χ4v) is 6.79. The highest BCUT2D eigenvalue weighted by Crippen LogP contribution is 2.28. The standard InChI is InChI=1S/C20H22ClN3O4S2/c21-18-7-8-20(29-18)30(27,28)23-12-10-22(11-13-23)14-17(25)15-3-5-16(6-4-15)24-9-1-2-19(24)26/h3-8H,1-2,9-14H2. The topological polar surface area (TPSA) is 78.0 Å². The van der Waals surface area contributed by atoms with E-state index in [0.717, 1.165) is 30.0 Å². The summed E-state index contributed by atoms with van der Waals surface area (Å²) in [5, 5.41) is 0. The Morgan fingerprint density at radius 3 is 2.27 bits per heavy atom. The van der Waals surface area contributed by atoms with Crippen LogP contribution >= 0.6 is 22.9 Å². The molecular weight excluding hydrogens is 446 g/mol. The number of benzene rings is 1. The summed E-state index contributed by atoms with van der Waals surface area (Å²) in [5.41, 5.74) is 1.41. The van der Waals surface area contributed by atoms with Gasteiger partial charge >= 0.3 is 0 Å². The minimum Gasteiger partial charge on any atom is -0.312 e. The molecule has 7 nitrogen and oxygen atoms in total. The van der Waals surface area contributed by atoms with Crippen LogP contribution < -0.4 is 4.90 Å². The zero-order valence-corrected chi connectivity index (χ0v) is 18.7. The molecule has 0 aliphatic carbocycles. The van der Waals surface area contributed by atoms with Gasteiger partial charge < -0.3 is 4.90 Å². The molecule has 0 bridgehead atoms. The Bertz CT molecular complexity index is 1040. The summed E-state index contributed by atoms with van der Waals surface area (Å²) >= 11 is 6.92. The molecule has 1 amide bonds. The number of piperazine rings is 1. The molecule has 2 aliphatic rings. The van der Waals surface area contributed by atoms with E-state index in [1.54, 1.807) is 23.1 Å². The Morgan fingerprint density at radius 2 is 1.70 bits per heavy atom. The third kappa shape index (κ3) is 4.45. The van der Waals surface area contributed by atoms with Crippen LogP contribution in [0.2, 0.25) is 4.34 Å². The van der Waals surface area contributed by atoms with E-state index in [0.29, 0.717) is 42.5 Å². The second kappa shape index (κ2) is 8.76. The largest absolute Gasteiger partial charge is 0.312 e. The number of thiophene rings is 1. The number of anilines is 1. The molecule has 0 spiro atoms. The van der Waals surface area contributed by atoms with Crippen LogP contribution in [0, 0.1) is 0 Å². The molecule has 1 aromatic carbocycles. The van der Waals surface area contributed by atoms with Gasteiger partial charge in [-0.15, -0.1) is 11.3 Å². The average molecular weight is 468 g/mol. The van der Waals surface area contributed by atoms with Gasteiger partial charge in [0.2, 0.25) is 5.91 Å². The zero-order valence-electron chi connectivity index (χ0n) is 16.3. The first-order valence-corrected chi connectivity index (χ1v) is 12.4. The maximum absolute atomic E-state index is 12.7. The first-order chi connectivity index (χ1) is 14.3. The van der Waals surface area contributed by atoms with Crippen LogP contribution in [0.3, 0.4) is 0 Å². The minimum atomic E-state index is -3.54. The van der Waals surface area contributed by atoms with Crippen molar-refractivity contribution >= 4 is 50.3 Å². The number of ketones is 1. The van der Waals surface area contributed by atoms with Crippen LogP contribution in [0.15, 0.2) is 40.6 Å². The number of sulfonamides is 1. The number of nitrogens with zero attached hydrogens (tertiary/aromatic N) is 3. The normalized spacial score (nSPS) is 18.8. The Hall–Kier alpha value is -1.78. The van der Waals surface area contributed by atoms with E-state index in [4.69, 9.17) is 11.6 Å². The first kappa shape index (κ1) is 21.5. The molecule has 3 heterocycles. The third-order valence-corrected chi connectivity index (χ3v) is 9.01. The Morgan fingerprint density at radius 1 is 1.00 bits per heavy atom. The summed E-state index contributed by atoms with van der Waals surface area (Å²) in [6.45, 7) is 2.61. The van der Waals surface area contributed by atoms with Crippen LogP contribution in [-0.4, -0.2) is 68.6 Å². The van der Waals surface area contributed by atoms with Gasteiger partial charge in [-0.3, -0.25) is 14.5 Å². The first-order valence-electron chi connectivity index (χ1n) is 9.76. The van der Waals surface area contributed by atoms with E-state index >= 15 is 0 Å². The van der Waals surface area contributed by atoms with Crippen molar-refractivity contribution in [1.82, 2.24) is 9.21 Å². The van der Waals surface area contributed by atoms with Crippen molar-refractivity contribution in [3.05, 3.63) is 46.3 Å². The molecule has 10 heteroatoms. The van der Waals surface area contributed by atoms with Gasteiger partial charge in [-0.2, -0.15) is 4.31 Å². The van der Waals surface area contributed by atoms with Crippen LogP contribution in [-0.2, 0) is 14.8 Å². The number of halogens is 1. The SMILES string of the molecule is O=C(CN1CCN(S(=O)(=O)c2ccc(Cl)s2)CC1)c1ccc(N2CCCC2=O)cc1. The molecule has 1 aromatic heterocycles. The van der Waals surface area contributed by atoms with Crippen molar-refractivity contribution in [1.29, 1.82) is 0 Å². The van der Waals surface area contributed by atoms with Crippen LogP contribution in [0.1, 0.15) is 23.2 Å². The Labute approximate surface area is 184 Å². The summed E-state index contributed by atoms with van der Waals surface area (Å²) in [4.78, 5) is 28.2. The summed E-state index contributed by atoms with van der Waals surface area (Å²) in [5.74, 6) is 0.0994. The Kier molecular flexibility index (Phi) is 6.26. The minimum absolute atomic E-state index is 0.0179. The molecule has 2 saturated heterocycles. The quantitative estimate of drug-likeness (QED) is 0.610. The number of rotatable bonds is 6. The summed E-state index contributed by atoms with van der Waals surface area (Å²) < 4.78 is 27.5. The molecule has 2 fully saturated rings. The van der Waals surface area contributed by atoms with Crippen molar-refractivity contribution in [2.75, 3.05) is 44.2 Å². The Balaban J connectivity index is 1.32. The molecule has 0 atom stereocenters. The second-order valence-electron chi connectivity index (χ2n) is 7.36. The van der Waals surface area contributed by atoms with Crippen molar-refractivity contribution in [3.63, 3.8) is 0 Å². The number of Topliss-reactive ketones (excluding diaryl/α,β-unsaturated/α-hetero) is 1. The number of carbonyl (C=O) groups excluding carboxylic acids is 2. The molecule has 160 valence electrons. The van der Waals surface area contributed by atoms with Crippen LogP contribution in [0.25, 0.3) is 0 Å². The zero-order chi connectivity index (χ0) is 21.3. The molecule has 2 aromatic rings. The van der Waals surface area contributed by atoms with Gasteiger partial charge in [0.05, 0.1) is 10.9 Å². The summed E-state index contributed by atoms with van der Waals surface area (Å²) in [6.07, 6.45) is 1.43. The number of amides is 1. The predicted molar refractivity (Wildman–Crippen MR) is 117 cm³/mol. The third-order valence-electron chi connectivity index (χ3n) is 5.42. The number of hydrogen-bond donors (Lipinski definition) is 0. The van der Waals surface area contributed by atoms with Gasteiger partial charge in [0.25, 0.3) is 10.0 Å². The smallest absolute Gasteiger partial charge is 0.252 e. The van der Waals surface area contributed by atoms with E-state index < -0.39 is 10.0 Å². The van der Waals surface area contributed by atoms with Gasteiger partial charge in [0.1, 0.15) is 4.21 Å². The molecule has 0 saturated carbocycles. The lowest BCUT2D eigenvalue weighted by Gasteiger charge is -2.33. The van der Waals surface area contributed by atoms with Gasteiger partial charge in [-0.1, -0.05) is 11.6 Å². The van der Waals surface area contributed by atoms with Crippen LogP contribution in [0.4, 0.5) is 5.69 Å². The lowest BCUT2D eigenvalue weighted by molar-refractivity contribution is -0.117. The monoisotopic (exact) mass is 467 g/mol. The van der Waals surface area contributed by atoms with E-state index in [1.807, 2.05) is 17.0 Å². The van der Waals surface area contributed by atoms with Gasteiger partial charge in [0, 0.05) is 50.4 Å². The van der Waals surface area contributed by atoms with Gasteiger partial charge in [-0.05, 0) is 42.8 Å². The highest BCUT2D eigenvalue weighted by molar-refractivity contribution is 7.91. The molecule has 4 rings (SSSR count). The lowest BCUT2D eigenvalue weighted by Crippen LogP contribution is -2.49. The molecular formula is C20H22ClN3O4S2. The number of carbonyl (C=O) groups is 2. The summed E-state index contributed by atoms with van der Waals surface area (Å²) in [7, 11) is -3.54. The highest BCUT2D eigenvalue weighted by atomic mass is 35.5. The van der Waals surface area contributed by atoms with Crippen molar-refractivity contribution in [2.24, 2.45) is 0 Å². The predicted octanol–water partition coefficient (Wildman–Crippen LogP) is 2.72. The maximum atomic E-state index is 12.7. The van der Waals surface area contributed by atoms with Crippen molar-refractivity contribution < 1.29 is 18.0 Å². The number of hydrogen-bond acceptors (Lipinski definition) is 6. The average Bonchev–Trinajstić information content (AvgIpc) is 3.37. The van der Waals surface area contributed by atoms with Crippen molar-refractivity contribution in [3.8, 4) is 0 Å². The fourth-order valence-electron chi connectivity index (χ4n) is 3.73. The molecule has 0 N–H and O–H groups in total. The highest BCUT2D eigenvalue weighted by Gasteiger charge is 2.30. The summed E-state index contributed by atoms with van der Waals surface area (Å²) in [6, 6.07) is 10.2. The molecule has 0 unspecified atom stereocenters. The van der Waals surface area contributed by atoms with Crippen LogP contribution in [0.5, 0.6) is 0 Å². The second-order valence-corrected chi connectivity index (χ2v) is 11.2. The molecule has 0 radical (unpaired) electrons. The van der Waals surface area contributed by atoms with E-state index in [9.17, 15) is 18.0 Å². The van der Waals surface area contributed by atoms with E-state index in [-0.39, 0.29) is 22.4 Å². The molecule has 30 heavy (non-hydrogen) atoms. The van der Waals surface area contributed by atoms with Gasteiger partial charge in [-0.25, -0.2) is 8.42 Å². The lowest BCUT2D eigenvalue weighted by atomic mass is 10.1. The van der Waals surface area contributed by atoms with Crippen molar-refractivity contribution in [2.45, 2.75) is 17.1 Å². The van der Waals surface area contributed by atoms with E-state index in [1.165, 1.54) is 10.4 Å². The van der Waals surface area contributed by atoms with E-state index in [2.05, 4.69) is 0 Å². The fraction of sp³-hybridized carbons (Fsp3) is 0.400.